The number of hydrogen-bond donors (Lipinski definition) is 3. The largest absolute Gasteiger partial charge is 0.398 e. The SMILES string of the molecule is CSC(CO)C(C)NS(=O)(=O)c1cc(F)ccc1N. The van der Waals surface area contributed by atoms with Crippen molar-refractivity contribution in [3.8, 4) is 0 Å². The average molecular weight is 308 g/mol. The van der Waals surface area contributed by atoms with Crippen molar-refractivity contribution in [2.45, 2.75) is 23.1 Å². The maximum absolute atomic E-state index is 13.1. The molecule has 19 heavy (non-hydrogen) atoms. The Bertz CT molecular complexity index is 533. The molecule has 4 N–H and O–H groups in total. The van der Waals surface area contributed by atoms with E-state index in [1.54, 1.807) is 13.2 Å². The maximum atomic E-state index is 13.1. The van der Waals surface area contributed by atoms with Gasteiger partial charge in [-0.15, -0.1) is 0 Å². The van der Waals surface area contributed by atoms with Crippen LogP contribution in [0.15, 0.2) is 23.1 Å². The topological polar surface area (TPSA) is 92.4 Å². The van der Waals surface area contributed by atoms with E-state index in [4.69, 9.17) is 10.8 Å². The Morgan fingerprint density at radius 2 is 2.16 bits per heavy atom. The first-order valence-electron chi connectivity index (χ1n) is 5.53. The molecule has 0 radical (unpaired) electrons. The summed E-state index contributed by atoms with van der Waals surface area (Å²) in [6.45, 7) is 1.47. The monoisotopic (exact) mass is 308 g/mol. The summed E-state index contributed by atoms with van der Waals surface area (Å²) >= 11 is 1.34. The van der Waals surface area contributed by atoms with Gasteiger partial charge < -0.3 is 10.8 Å². The summed E-state index contributed by atoms with van der Waals surface area (Å²) in [5, 5.41) is 8.83. The first kappa shape index (κ1) is 16.2. The molecule has 1 rings (SSSR count). The van der Waals surface area contributed by atoms with Gasteiger partial charge in [-0.2, -0.15) is 11.8 Å². The van der Waals surface area contributed by atoms with Crippen LogP contribution in [0.25, 0.3) is 0 Å². The number of nitrogen functional groups attached to an aromatic ring is 1. The predicted molar refractivity (Wildman–Crippen MR) is 75.0 cm³/mol. The van der Waals surface area contributed by atoms with E-state index in [1.165, 1.54) is 17.8 Å². The molecule has 0 spiro atoms. The summed E-state index contributed by atoms with van der Waals surface area (Å²) in [6.07, 6.45) is 1.77. The van der Waals surface area contributed by atoms with Gasteiger partial charge in [0.05, 0.1) is 12.3 Å². The first-order valence-corrected chi connectivity index (χ1v) is 8.30. The third-order valence-electron chi connectivity index (χ3n) is 2.65. The molecule has 0 saturated carbocycles. The number of benzene rings is 1. The molecule has 0 aliphatic rings. The molecular formula is C11H17FN2O3S2. The molecule has 0 amide bonds. The summed E-state index contributed by atoms with van der Waals surface area (Å²) in [5.41, 5.74) is 5.53. The van der Waals surface area contributed by atoms with Crippen molar-refractivity contribution >= 4 is 27.5 Å². The second-order valence-electron chi connectivity index (χ2n) is 4.05. The van der Waals surface area contributed by atoms with Crippen LogP contribution in [-0.4, -0.2) is 37.7 Å². The fourth-order valence-corrected chi connectivity index (χ4v) is 3.70. The molecule has 0 saturated heterocycles. The highest BCUT2D eigenvalue weighted by atomic mass is 32.2. The lowest BCUT2D eigenvalue weighted by Gasteiger charge is -2.21. The van der Waals surface area contributed by atoms with Crippen LogP contribution < -0.4 is 10.5 Å². The van der Waals surface area contributed by atoms with Crippen LogP contribution in [0.3, 0.4) is 0 Å². The van der Waals surface area contributed by atoms with Crippen molar-refractivity contribution in [3.05, 3.63) is 24.0 Å². The number of aliphatic hydroxyl groups excluding tert-OH is 1. The van der Waals surface area contributed by atoms with Gasteiger partial charge in [-0.05, 0) is 31.4 Å². The zero-order valence-electron chi connectivity index (χ0n) is 10.6. The van der Waals surface area contributed by atoms with E-state index in [2.05, 4.69) is 4.72 Å². The second kappa shape index (κ2) is 6.56. The van der Waals surface area contributed by atoms with Crippen molar-refractivity contribution < 1.29 is 17.9 Å². The zero-order chi connectivity index (χ0) is 14.6. The minimum Gasteiger partial charge on any atom is -0.398 e. The highest BCUT2D eigenvalue weighted by Crippen LogP contribution is 2.20. The number of halogens is 1. The van der Waals surface area contributed by atoms with Crippen LogP contribution in [-0.2, 0) is 10.0 Å². The lowest BCUT2D eigenvalue weighted by molar-refractivity contribution is 0.282. The van der Waals surface area contributed by atoms with Crippen LogP contribution in [0, 0.1) is 5.82 Å². The average Bonchev–Trinajstić information content (AvgIpc) is 2.33. The van der Waals surface area contributed by atoms with Crippen LogP contribution in [0.4, 0.5) is 10.1 Å². The second-order valence-corrected chi connectivity index (χ2v) is 6.81. The summed E-state index contributed by atoms with van der Waals surface area (Å²) in [6, 6.07) is 2.66. The number of hydrogen-bond acceptors (Lipinski definition) is 5. The van der Waals surface area contributed by atoms with Crippen LogP contribution in [0.2, 0.25) is 0 Å². The number of nitrogens with one attached hydrogen (secondary N) is 1. The normalized spacial score (nSPS) is 15.2. The molecule has 2 atom stereocenters. The molecule has 0 heterocycles. The summed E-state index contributed by atoms with van der Waals surface area (Å²) < 4.78 is 39.7. The molecule has 5 nitrogen and oxygen atoms in total. The first-order chi connectivity index (χ1) is 8.81. The fourth-order valence-electron chi connectivity index (χ4n) is 1.56. The lowest BCUT2D eigenvalue weighted by Crippen LogP contribution is -2.41. The van der Waals surface area contributed by atoms with Gasteiger partial charge in [-0.1, -0.05) is 0 Å². The summed E-state index contributed by atoms with van der Waals surface area (Å²) in [5.74, 6) is -0.675. The van der Waals surface area contributed by atoms with Crippen molar-refractivity contribution in [1.82, 2.24) is 4.72 Å². The predicted octanol–water partition coefficient (Wildman–Crippen LogP) is 0.799. The minimum atomic E-state index is -3.92. The lowest BCUT2D eigenvalue weighted by atomic mass is 10.3. The molecule has 108 valence electrons. The number of thioether (sulfide) groups is 1. The summed E-state index contributed by atoms with van der Waals surface area (Å²) in [4.78, 5) is -0.294. The highest BCUT2D eigenvalue weighted by Gasteiger charge is 2.24. The molecule has 0 aromatic heterocycles. The Balaban J connectivity index is 3.01. The molecular weight excluding hydrogens is 291 g/mol. The maximum Gasteiger partial charge on any atom is 0.242 e. The Morgan fingerprint density at radius 3 is 2.68 bits per heavy atom. The van der Waals surface area contributed by atoms with E-state index < -0.39 is 21.9 Å². The van der Waals surface area contributed by atoms with Crippen LogP contribution in [0.5, 0.6) is 0 Å². The third-order valence-corrected chi connectivity index (χ3v) is 5.42. The molecule has 0 aliphatic heterocycles. The van der Waals surface area contributed by atoms with E-state index >= 15 is 0 Å². The number of sulfonamides is 1. The Hall–Kier alpha value is -0.830. The van der Waals surface area contributed by atoms with E-state index in [-0.39, 0.29) is 22.4 Å². The van der Waals surface area contributed by atoms with Gasteiger partial charge in [0, 0.05) is 11.3 Å². The smallest absolute Gasteiger partial charge is 0.242 e. The fraction of sp³-hybridized carbons (Fsp3) is 0.455. The van der Waals surface area contributed by atoms with Crippen molar-refractivity contribution in [3.63, 3.8) is 0 Å². The van der Waals surface area contributed by atoms with Gasteiger partial charge in [-0.25, -0.2) is 17.5 Å². The molecule has 0 bridgehead atoms. The van der Waals surface area contributed by atoms with Crippen LogP contribution >= 0.6 is 11.8 Å². The molecule has 0 fully saturated rings. The minimum absolute atomic E-state index is 0.0224. The molecule has 1 aromatic rings. The Morgan fingerprint density at radius 1 is 1.53 bits per heavy atom. The standard InChI is InChI=1S/C11H17FN2O3S2/c1-7(10(6-15)18-2)14-19(16,17)11-5-8(12)3-4-9(11)13/h3-5,7,10,14-15H,6,13H2,1-2H3. The van der Waals surface area contributed by atoms with Gasteiger partial charge in [0.1, 0.15) is 10.7 Å². The van der Waals surface area contributed by atoms with Crippen molar-refractivity contribution in [2.75, 3.05) is 18.6 Å². The van der Waals surface area contributed by atoms with Gasteiger partial charge >= 0.3 is 0 Å². The Kier molecular flexibility index (Phi) is 5.60. The zero-order valence-corrected chi connectivity index (χ0v) is 12.3. The molecule has 1 aromatic carbocycles. The Labute approximate surface area is 116 Å². The molecule has 8 heteroatoms. The number of nitrogens with two attached hydrogens (primary N) is 1. The number of anilines is 1. The van der Waals surface area contributed by atoms with E-state index in [9.17, 15) is 12.8 Å². The van der Waals surface area contributed by atoms with Gasteiger partial charge in [0.25, 0.3) is 0 Å². The highest BCUT2D eigenvalue weighted by molar-refractivity contribution is 7.99. The van der Waals surface area contributed by atoms with Gasteiger partial charge in [0.15, 0.2) is 0 Å². The van der Waals surface area contributed by atoms with E-state index in [1.807, 2.05) is 0 Å². The number of aliphatic hydroxyl groups is 1. The van der Waals surface area contributed by atoms with E-state index in [0.29, 0.717) is 0 Å². The van der Waals surface area contributed by atoms with Crippen molar-refractivity contribution in [1.29, 1.82) is 0 Å². The third kappa shape index (κ3) is 4.07. The van der Waals surface area contributed by atoms with Gasteiger partial charge in [0.2, 0.25) is 10.0 Å². The van der Waals surface area contributed by atoms with Gasteiger partial charge in [-0.3, -0.25) is 0 Å². The van der Waals surface area contributed by atoms with Crippen molar-refractivity contribution in [2.24, 2.45) is 0 Å². The quantitative estimate of drug-likeness (QED) is 0.676. The molecule has 2 unspecified atom stereocenters. The summed E-state index contributed by atoms with van der Waals surface area (Å²) in [7, 11) is -3.92. The number of rotatable bonds is 6. The van der Waals surface area contributed by atoms with Crippen LogP contribution in [0.1, 0.15) is 6.92 Å². The molecule has 0 aliphatic carbocycles. The van der Waals surface area contributed by atoms with E-state index in [0.717, 1.165) is 12.1 Å².